The first-order valence-electron chi connectivity index (χ1n) is 7.86. The molecule has 8 heteroatoms. The fourth-order valence-electron chi connectivity index (χ4n) is 2.62. The van der Waals surface area contributed by atoms with E-state index in [4.69, 9.17) is 14.0 Å². The lowest BCUT2D eigenvalue weighted by Crippen LogP contribution is -2.49. The molecule has 24 heavy (non-hydrogen) atoms. The molecule has 0 spiro atoms. The number of pyridine rings is 1. The van der Waals surface area contributed by atoms with Gasteiger partial charge in [0.05, 0.1) is 12.2 Å². The third kappa shape index (κ3) is 4.15. The van der Waals surface area contributed by atoms with Crippen LogP contribution in [0.25, 0.3) is 11.4 Å². The van der Waals surface area contributed by atoms with E-state index >= 15 is 0 Å². The van der Waals surface area contributed by atoms with Crippen LogP contribution in [0.4, 0.5) is 0 Å². The summed E-state index contributed by atoms with van der Waals surface area (Å²) in [6.45, 7) is 5.14. The zero-order chi connectivity index (χ0) is 16.9. The van der Waals surface area contributed by atoms with Crippen LogP contribution in [0.2, 0.25) is 0 Å². The summed E-state index contributed by atoms with van der Waals surface area (Å²) >= 11 is 0. The molecule has 0 aromatic carbocycles. The van der Waals surface area contributed by atoms with E-state index in [1.807, 2.05) is 19.9 Å². The summed E-state index contributed by atoms with van der Waals surface area (Å²) in [6, 6.07) is 3.64. The summed E-state index contributed by atoms with van der Waals surface area (Å²) < 4.78 is 16.1. The number of hydrogen-bond acceptors (Lipinski definition) is 7. The number of amides is 1. The van der Waals surface area contributed by atoms with E-state index < -0.39 is 0 Å². The minimum absolute atomic E-state index is 0.0238. The monoisotopic (exact) mass is 332 g/mol. The summed E-state index contributed by atoms with van der Waals surface area (Å²) in [6.07, 6.45) is 3.40. The Morgan fingerprint density at radius 3 is 2.88 bits per heavy atom. The van der Waals surface area contributed by atoms with Crippen LogP contribution in [0.5, 0.6) is 0 Å². The molecule has 1 amide bonds. The summed E-state index contributed by atoms with van der Waals surface area (Å²) in [5, 5.41) is 3.88. The van der Waals surface area contributed by atoms with Crippen LogP contribution in [0.15, 0.2) is 29.0 Å². The van der Waals surface area contributed by atoms with E-state index in [9.17, 15) is 4.79 Å². The molecule has 1 aliphatic heterocycles. The minimum Gasteiger partial charge on any atom is -0.372 e. The Balaban J connectivity index is 1.48. The largest absolute Gasteiger partial charge is 0.372 e. The Morgan fingerprint density at radius 1 is 1.38 bits per heavy atom. The molecule has 0 saturated carbocycles. The zero-order valence-corrected chi connectivity index (χ0v) is 13.7. The standard InChI is InChI=1S/C16H20N4O4/c1-11-7-20(8-12(2)23-11)15(21)10-22-9-14-18-16(19-24-14)13-4-3-5-17-6-13/h3-6,11-12H,7-10H2,1-2H3/t11-,12-/m1/s1. The van der Waals surface area contributed by atoms with Gasteiger partial charge in [-0.1, -0.05) is 5.16 Å². The number of hydrogen-bond donors (Lipinski definition) is 0. The highest BCUT2D eigenvalue weighted by Crippen LogP contribution is 2.14. The van der Waals surface area contributed by atoms with Crippen LogP contribution in [-0.4, -0.2) is 57.8 Å². The van der Waals surface area contributed by atoms with Crippen LogP contribution in [-0.2, 0) is 20.9 Å². The van der Waals surface area contributed by atoms with E-state index in [-0.39, 0.29) is 31.3 Å². The van der Waals surface area contributed by atoms with Crippen molar-refractivity contribution < 1.29 is 18.8 Å². The Hall–Kier alpha value is -2.32. The Labute approximate surface area is 139 Å². The molecule has 8 nitrogen and oxygen atoms in total. The normalized spacial score (nSPS) is 21.0. The maximum atomic E-state index is 12.2. The second kappa shape index (κ2) is 7.50. The summed E-state index contributed by atoms with van der Waals surface area (Å²) in [7, 11) is 0. The van der Waals surface area contributed by atoms with Gasteiger partial charge in [0.15, 0.2) is 0 Å². The molecule has 0 unspecified atom stereocenters. The van der Waals surface area contributed by atoms with Crippen molar-refractivity contribution in [3.05, 3.63) is 30.4 Å². The van der Waals surface area contributed by atoms with Crippen molar-refractivity contribution >= 4 is 5.91 Å². The Bertz CT molecular complexity index is 666. The van der Waals surface area contributed by atoms with Crippen molar-refractivity contribution in [3.63, 3.8) is 0 Å². The number of carbonyl (C=O) groups excluding carboxylic acids is 1. The number of nitrogens with zero attached hydrogens (tertiary/aromatic N) is 4. The van der Waals surface area contributed by atoms with E-state index in [2.05, 4.69) is 15.1 Å². The van der Waals surface area contributed by atoms with Crippen molar-refractivity contribution in [2.75, 3.05) is 19.7 Å². The average Bonchev–Trinajstić information content (AvgIpc) is 3.03. The molecule has 2 atom stereocenters. The summed E-state index contributed by atoms with van der Waals surface area (Å²) in [5.41, 5.74) is 0.764. The SMILES string of the molecule is C[C@@H]1CN(C(=O)COCc2nc(-c3cccnc3)no2)C[C@@H](C)O1. The maximum Gasteiger partial charge on any atom is 0.252 e. The van der Waals surface area contributed by atoms with Gasteiger partial charge in [0.2, 0.25) is 11.7 Å². The van der Waals surface area contributed by atoms with Gasteiger partial charge in [-0.15, -0.1) is 0 Å². The van der Waals surface area contributed by atoms with Crippen LogP contribution in [0, 0.1) is 0 Å². The Morgan fingerprint density at radius 2 is 2.17 bits per heavy atom. The van der Waals surface area contributed by atoms with Gasteiger partial charge >= 0.3 is 0 Å². The first-order valence-corrected chi connectivity index (χ1v) is 7.86. The second-order valence-electron chi connectivity index (χ2n) is 5.80. The lowest BCUT2D eigenvalue weighted by atomic mass is 10.2. The van der Waals surface area contributed by atoms with Gasteiger partial charge in [-0.05, 0) is 26.0 Å². The van der Waals surface area contributed by atoms with Crippen LogP contribution in [0.3, 0.4) is 0 Å². The van der Waals surface area contributed by atoms with Crippen molar-refractivity contribution in [1.29, 1.82) is 0 Å². The highest BCUT2D eigenvalue weighted by Gasteiger charge is 2.25. The van der Waals surface area contributed by atoms with E-state index in [0.717, 1.165) is 5.56 Å². The van der Waals surface area contributed by atoms with Crippen LogP contribution in [0.1, 0.15) is 19.7 Å². The number of aromatic nitrogens is 3. The van der Waals surface area contributed by atoms with E-state index in [1.165, 1.54) is 0 Å². The topological polar surface area (TPSA) is 90.6 Å². The molecule has 0 aliphatic carbocycles. The fraction of sp³-hybridized carbons (Fsp3) is 0.500. The van der Waals surface area contributed by atoms with Gasteiger partial charge in [0.1, 0.15) is 13.2 Å². The molecular formula is C16H20N4O4. The van der Waals surface area contributed by atoms with Crippen molar-refractivity contribution in [1.82, 2.24) is 20.0 Å². The molecule has 1 fully saturated rings. The maximum absolute atomic E-state index is 12.2. The van der Waals surface area contributed by atoms with Gasteiger partial charge in [0, 0.05) is 31.0 Å². The molecule has 1 aliphatic rings. The number of rotatable bonds is 5. The van der Waals surface area contributed by atoms with Gasteiger partial charge in [-0.25, -0.2) is 0 Å². The second-order valence-corrected chi connectivity index (χ2v) is 5.80. The first kappa shape index (κ1) is 16.5. The lowest BCUT2D eigenvalue weighted by molar-refractivity contribution is -0.148. The molecule has 1 saturated heterocycles. The Kier molecular flexibility index (Phi) is 5.17. The molecule has 3 heterocycles. The van der Waals surface area contributed by atoms with Crippen LogP contribution >= 0.6 is 0 Å². The third-order valence-electron chi connectivity index (χ3n) is 3.61. The first-order chi connectivity index (χ1) is 11.6. The van der Waals surface area contributed by atoms with E-state index in [1.54, 1.807) is 23.4 Å². The quantitative estimate of drug-likeness (QED) is 0.814. The molecule has 0 N–H and O–H groups in total. The molecular weight excluding hydrogens is 312 g/mol. The predicted octanol–water partition coefficient (Wildman–Crippen LogP) is 1.28. The molecule has 0 radical (unpaired) electrons. The number of morpholine rings is 1. The highest BCUT2D eigenvalue weighted by molar-refractivity contribution is 5.77. The van der Waals surface area contributed by atoms with Gasteiger partial charge in [-0.3, -0.25) is 9.78 Å². The highest BCUT2D eigenvalue weighted by atomic mass is 16.5. The van der Waals surface area contributed by atoms with Gasteiger partial charge in [-0.2, -0.15) is 4.98 Å². The molecule has 2 aromatic rings. The van der Waals surface area contributed by atoms with Gasteiger partial charge in [0.25, 0.3) is 5.89 Å². The lowest BCUT2D eigenvalue weighted by Gasteiger charge is -2.35. The van der Waals surface area contributed by atoms with Crippen molar-refractivity contribution in [2.45, 2.75) is 32.7 Å². The predicted molar refractivity (Wildman–Crippen MR) is 83.8 cm³/mol. The molecule has 0 bridgehead atoms. The smallest absolute Gasteiger partial charge is 0.252 e. The minimum atomic E-state index is -0.0657. The van der Waals surface area contributed by atoms with Crippen molar-refractivity contribution in [3.8, 4) is 11.4 Å². The van der Waals surface area contributed by atoms with Gasteiger partial charge < -0.3 is 18.9 Å². The third-order valence-corrected chi connectivity index (χ3v) is 3.61. The fourth-order valence-corrected chi connectivity index (χ4v) is 2.62. The van der Waals surface area contributed by atoms with E-state index in [0.29, 0.717) is 24.8 Å². The average molecular weight is 332 g/mol. The summed E-state index contributed by atoms with van der Waals surface area (Å²) in [5.74, 6) is 0.707. The number of ether oxygens (including phenoxy) is 2. The molecule has 3 rings (SSSR count). The zero-order valence-electron chi connectivity index (χ0n) is 13.7. The van der Waals surface area contributed by atoms with Crippen molar-refractivity contribution in [2.24, 2.45) is 0 Å². The molecule has 128 valence electrons. The number of carbonyl (C=O) groups is 1. The summed E-state index contributed by atoms with van der Waals surface area (Å²) in [4.78, 5) is 22.2. The molecule has 2 aromatic heterocycles. The van der Waals surface area contributed by atoms with Crippen LogP contribution < -0.4 is 0 Å².